The van der Waals surface area contributed by atoms with Crippen molar-refractivity contribution < 1.29 is 24.1 Å². The normalized spacial score (nSPS) is 41.4. The van der Waals surface area contributed by atoms with Gasteiger partial charge >= 0.3 is 5.97 Å². The predicted molar refractivity (Wildman–Crippen MR) is 45.4 cm³/mol. The fraction of sp³-hybridized carbons (Fsp3) is 0.889. The van der Waals surface area contributed by atoms with E-state index >= 15 is 0 Å². The molecule has 0 saturated carbocycles. The third-order valence-corrected chi connectivity index (χ3v) is 2.42. The average molecular weight is 202 g/mol. The lowest BCUT2D eigenvalue weighted by Crippen LogP contribution is -2.58. The highest BCUT2D eigenvalue weighted by Crippen LogP contribution is 2.29. The van der Waals surface area contributed by atoms with Gasteiger partial charge in [0.05, 0.1) is 19.1 Å². The van der Waals surface area contributed by atoms with Crippen molar-refractivity contribution in [1.82, 2.24) is 0 Å². The molecule has 2 rings (SSSR count). The molecular weight excluding hydrogens is 188 g/mol. The molecule has 3 unspecified atom stereocenters. The van der Waals surface area contributed by atoms with E-state index < -0.39 is 30.1 Å². The lowest BCUT2D eigenvalue weighted by molar-refractivity contribution is -0.327. The summed E-state index contributed by atoms with van der Waals surface area (Å²) in [6.07, 6.45) is -1.72. The van der Waals surface area contributed by atoms with Crippen molar-refractivity contribution >= 4 is 5.97 Å². The molecule has 5 nitrogen and oxygen atoms in total. The van der Waals surface area contributed by atoms with E-state index in [-0.39, 0.29) is 13.0 Å². The Kier molecular flexibility index (Phi) is 2.25. The smallest absolute Gasteiger partial charge is 0.308 e. The van der Waals surface area contributed by atoms with Gasteiger partial charge in [0.15, 0.2) is 11.9 Å². The van der Waals surface area contributed by atoms with Crippen molar-refractivity contribution in [2.75, 3.05) is 6.61 Å². The molecule has 0 aromatic rings. The van der Waals surface area contributed by atoms with Gasteiger partial charge in [0.1, 0.15) is 6.10 Å². The second-order valence-electron chi connectivity index (χ2n) is 4.09. The highest BCUT2D eigenvalue weighted by Gasteiger charge is 2.46. The number of esters is 1. The van der Waals surface area contributed by atoms with E-state index in [1.165, 1.54) is 0 Å². The van der Waals surface area contributed by atoms with E-state index in [1.807, 2.05) is 0 Å². The zero-order valence-corrected chi connectivity index (χ0v) is 8.23. The molecule has 0 aliphatic carbocycles. The summed E-state index contributed by atoms with van der Waals surface area (Å²) < 4.78 is 15.8. The van der Waals surface area contributed by atoms with Crippen LogP contribution in [0.5, 0.6) is 0 Å². The third kappa shape index (κ3) is 1.75. The number of carbonyl (C=O) groups is 1. The second-order valence-corrected chi connectivity index (χ2v) is 4.09. The Bertz CT molecular complexity index is 250. The van der Waals surface area contributed by atoms with Crippen molar-refractivity contribution in [3.05, 3.63) is 0 Å². The number of hydrogen-bond acceptors (Lipinski definition) is 5. The summed E-state index contributed by atoms with van der Waals surface area (Å²) in [4.78, 5) is 11.0. The first-order valence-corrected chi connectivity index (χ1v) is 4.67. The Labute approximate surface area is 81.9 Å². The third-order valence-electron chi connectivity index (χ3n) is 2.42. The van der Waals surface area contributed by atoms with Crippen LogP contribution in [0, 0.1) is 0 Å². The van der Waals surface area contributed by atoms with Crippen molar-refractivity contribution in [3.8, 4) is 0 Å². The molecule has 1 N–H and O–H groups in total. The summed E-state index contributed by atoms with van der Waals surface area (Å²) in [7, 11) is 0. The molecule has 2 aliphatic heterocycles. The number of aliphatic hydroxyl groups is 1. The SMILES string of the molecule is CC1(C)OCC2OC(=O)CC(O)C2O1. The molecule has 0 amide bonds. The van der Waals surface area contributed by atoms with E-state index in [1.54, 1.807) is 13.8 Å². The molecule has 14 heavy (non-hydrogen) atoms. The molecule has 2 heterocycles. The number of ether oxygens (including phenoxy) is 3. The molecule has 5 heteroatoms. The van der Waals surface area contributed by atoms with Crippen LogP contribution < -0.4 is 0 Å². The van der Waals surface area contributed by atoms with Gasteiger partial charge in [-0.15, -0.1) is 0 Å². The van der Waals surface area contributed by atoms with Gasteiger partial charge in [-0.2, -0.15) is 0 Å². The maximum Gasteiger partial charge on any atom is 0.308 e. The van der Waals surface area contributed by atoms with E-state index in [2.05, 4.69) is 0 Å². The molecule has 3 atom stereocenters. The fourth-order valence-corrected chi connectivity index (χ4v) is 1.75. The maximum absolute atomic E-state index is 11.0. The molecule has 0 aromatic carbocycles. The minimum Gasteiger partial charge on any atom is -0.457 e. The topological polar surface area (TPSA) is 65.0 Å². The maximum atomic E-state index is 11.0. The summed E-state index contributed by atoms with van der Waals surface area (Å²) in [6.45, 7) is 3.82. The van der Waals surface area contributed by atoms with E-state index in [4.69, 9.17) is 14.2 Å². The lowest BCUT2D eigenvalue weighted by Gasteiger charge is -2.44. The van der Waals surface area contributed by atoms with Gasteiger partial charge in [0.25, 0.3) is 0 Å². The predicted octanol–water partition coefficient (Wildman–Crippen LogP) is -0.186. The number of fused-ring (bicyclic) bond motifs is 1. The standard InChI is InChI=1S/C9H14O5/c1-9(2)12-4-6-8(14-9)5(10)3-7(11)13-6/h5-6,8,10H,3-4H2,1-2H3. The zero-order valence-electron chi connectivity index (χ0n) is 8.23. The molecule has 80 valence electrons. The Hall–Kier alpha value is -0.650. The monoisotopic (exact) mass is 202 g/mol. The minimum absolute atomic E-state index is 0.00273. The van der Waals surface area contributed by atoms with Crippen LogP contribution in [0.2, 0.25) is 0 Å². The molecule has 2 aliphatic rings. The quantitative estimate of drug-likeness (QED) is 0.552. The van der Waals surface area contributed by atoms with Crippen LogP contribution in [-0.2, 0) is 19.0 Å². The van der Waals surface area contributed by atoms with Gasteiger partial charge in [0, 0.05) is 0 Å². The molecule has 0 bridgehead atoms. The summed E-state index contributed by atoms with van der Waals surface area (Å²) >= 11 is 0. The van der Waals surface area contributed by atoms with Gasteiger partial charge in [-0.1, -0.05) is 0 Å². The largest absolute Gasteiger partial charge is 0.457 e. The Morgan fingerprint density at radius 1 is 1.50 bits per heavy atom. The van der Waals surface area contributed by atoms with Crippen molar-refractivity contribution in [2.24, 2.45) is 0 Å². The van der Waals surface area contributed by atoms with Crippen LogP contribution in [0.25, 0.3) is 0 Å². The Morgan fingerprint density at radius 3 is 2.93 bits per heavy atom. The summed E-state index contributed by atoms with van der Waals surface area (Å²) in [5.74, 6) is -1.11. The molecule has 0 spiro atoms. The summed E-state index contributed by atoms with van der Waals surface area (Å²) in [5.41, 5.74) is 0. The van der Waals surface area contributed by atoms with Crippen LogP contribution in [-0.4, -0.2) is 41.8 Å². The minimum atomic E-state index is -0.788. The Balaban J connectivity index is 2.10. The van der Waals surface area contributed by atoms with Gasteiger partial charge in [-0.3, -0.25) is 4.79 Å². The van der Waals surface area contributed by atoms with Gasteiger partial charge < -0.3 is 19.3 Å². The highest BCUT2D eigenvalue weighted by molar-refractivity contribution is 5.71. The van der Waals surface area contributed by atoms with Crippen LogP contribution in [0.1, 0.15) is 20.3 Å². The van der Waals surface area contributed by atoms with Crippen LogP contribution in [0.3, 0.4) is 0 Å². The molecule has 2 saturated heterocycles. The molecule has 0 aromatic heterocycles. The van der Waals surface area contributed by atoms with Gasteiger partial charge in [-0.25, -0.2) is 0 Å². The lowest BCUT2D eigenvalue weighted by atomic mass is 10.0. The van der Waals surface area contributed by atoms with Crippen LogP contribution in [0.4, 0.5) is 0 Å². The average Bonchev–Trinajstić information content (AvgIpc) is 2.06. The van der Waals surface area contributed by atoms with E-state index in [9.17, 15) is 9.90 Å². The van der Waals surface area contributed by atoms with Crippen molar-refractivity contribution in [1.29, 1.82) is 0 Å². The highest BCUT2D eigenvalue weighted by atomic mass is 16.7. The second kappa shape index (κ2) is 3.18. The van der Waals surface area contributed by atoms with E-state index in [0.717, 1.165) is 0 Å². The zero-order chi connectivity index (χ0) is 10.3. The molecule has 2 fully saturated rings. The molecular formula is C9H14O5. The van der Waals surface area contributed by atoms with Gasteiger partial charge in [-0.05, 0) is 13.8 Å². The fourth-order valence-electron chi connectivity index (χ4n) is 1.75. The number of carbonyl (C=O) groups excluding carboxylic acids is 1. The van der Waals surface area contributed by atoms with Gasteiger partial charge in [0.2, 0.25) is 0 Å². The first-order chi connectivity index (χ1) is 6.48. The van der Waals surface area contributed by atoms with Crippen molar-refractivity contribution in [3.63, 3.8) is 0 Å². The summed E-state index contributed by atoms with van der Waals surface area (Å²) in [5, 5.41) is 9.63. The van der Waals surface area contributed by atoms with Crippen molar-refractivity contribution in [2.45, 2.75) is 44.4 Å². The van der Waals surface area contributed by atoms with E-state index in [0.29, 0.717) is 0 Å². The first kappa shape index (κ1) is 9.89. The first-order valence-electron chi connectivity index (χ1n) is 4.67. The number of rotatable bonds is 0. The summed E-state index contributed by atoms with van der Waals surface area (Å²) in [6, 6.07) is 0. The van der Waals surface area contributed by atoms with Crippen LogP contribution >= 0.6 is 0 Å². The number of hydrogen-bond donors (Lipinski definition) is 1. The Morgan fingerprint density at radius 2 is 2.21 bits per heavy atom. The van der Waals surface area contributed by atoms with Crippen LogP contribution in [0.15, 0.2) is 0 Å². The molecule has 0 radical (unpaired) electrons. The number of aliphatic hydroxyl groups excluding tert-OH is 1.